The van der Waals surface area contributed by atoms with E-state index in [1.54, 1.807) is 24.3 Å². The molecule has 0 unspecified atom stereocenters. The third-order valence-electron chi connectivity index (χ3n) is 4.64. The van der Waals surface area contributed by atoms with Crippen LogP contribution in [-0.4, -0.2) is 47.7 Å². The molecule has 1 aliphatic rings. The number of benzene rings is 2. The molecule has 0 aliphatic heterocycles. The standard InChI is InChI=1S/C19H15N5O4S/c20-16(26)12-3-1-11(2-4-12)15(25)19(9-10-19)29-18-21-22-23-24(18)14-7-5-13(6-8-14)17(27)28/h1-8H,9-10H2,(H2,20,26)(H,27,28). The van der Waals surface area contributed by atoms with Gasteiger partial charge in [0.15, 0.2) is 5.78 Å². The van der Waals surface area contributed by atoms with Crippen LogP contribution in [0.15, 0.2) is 53.7 Å². The van der Waals surface area contributed by atoms with Gasteiger partial charge in [-0.3, -0.25) is 9.59 Å². The van der Waals surface area contributed by atoms with E-state index in [9.17, 15) is 14.4 Å². The zero-order chi connectivity index (χ0) is 20.6. The molecule has 4 rings (SSSR count). The number of aromatic nitrogens is 4. The Morgan fingerprint density at radius 1 is 0.966 bits per heavy atom. The van der Waals surface area contributed by atoms with Crippen molar-refractivity contribution in [2.75, 3.05) is 0 Å². The first-order chi connectivity index (χ1) is 13.9. The number of aromatic carboxylic acids is 1. The summed E-state index contributed by atoms with van der Waals surface area (Å²) in [5.41, 5.74) is 6.82. The number of rotatable bonds is 7. The summed E-state index contributed by atoms with van der Waals surface area (Å²) < 4.78 is 0.807. The zero-order valence-corrected chi connectivity index (χ0v) is 15.8. The van der Waals surface area contributed by atoms with Gasteiger partial charge in [0, 0.05) is 11.1 Å². The summed E-state index contributed by atoms with van der Waals surface area (Å²) >= 11 is 1.28. The van der Waals surface area contributed by atoms with Crippen LogP contribution >= 0.6 is 11.8 Å². The first kappa shape index (κ1) is 18.8. The smallest absolute Gasteiger partial charge is 0.335 e. The highest BCUT2D eigenvalue weighted by Crippen LogP contribution is 2.53. The van der Waals surface area contributed by atoms with E-state index in [1.807, 2.05) is 0 Å². The van der Waals surface area contributed by atoms with E-state index >= 15 is 0 Å². The first-order valence-electron chi connectivity index (χ1n) is 8.65. The molecular weight excluding hydrogens is 394 g/mol. The Labute approximate surface area is 168 Å². The molecule has 1 amide bonds. The molecule has 0 bridgehead atoms. The Hall–Kier alpha value is -3.53. The van der Waals surface area contributed by atoms with Crippen LogP contribution in [0.25, 0.3) is 5.69 Å². The predicted octanol–water partition coefficient (Wildman–Crippen LogP) is 1.97. The van der Waals surface area contributed by atoms with Crippen molar-refractivity contribution < 1.29 is 19.5 Å². The van der Waals surface area contributed by atoms with Crippen LogP contribution in [0.3, 0.4) is 0 Å². The highest BCUT2D eigenvalue weighted by Gasteiger charge is 2.52. The quantitative estimate of drug-likeness (QED) is 0.564. The van der Waals surface area contributed by atoms with Gasteiger partial charge in [-0.05, 0) is 59.7 Å². The molecule has 2 aromatic carbocycles. The predicted molar refractivity (Wildman–Crippen MR) is 103 cm³/mol. The fourth-order valence-electron chi connectivity index (χ4n) is 2.86. The summed E-state index contributed by atoms with van der Waals surface area (Å²) in [6, 6.07) is 12.4. The van der Waals surface area contributed by atoms with Crippen molar-refractivity contribution in [2.24, 2.45) is 5.73 Å². The number of nitrogens with two attached hydrogens (primary N) is 1. The summed E-state index contributed by atoms with van der Waals surface area (Å²) in [6.07, 6.45) is 1.36. The molecule has 146 valence electrons. The van der Waals surface area contributed by atoms with Crippen LogP contribution in [0, 0.1) is 0 Å². The minimum atomic E-state index is -1.02. The third-order valence-corrected chi connectivity index (χ3v) is 6.06. The van der Waals surface area contributed by atoms with Gasteiger partial charge in [0.1, 0.15) is 0 Å². The molecule has 10 heteroatoms. The second-order valence-electron chi connectivity index (χ2n) is 6.59. The van der Waals surface area contributed by atoms with E-state index in [0.717, 1.165) is 0 Å². The number of primary amides is 1. The van der Waals surface area contributed by atoms with E-state index in [4.69, 9.17) is 10.8 Å². The molecule has 29 heavy (non-hydrogen) atoms. The Morgan fingerprint density at radius 2 is 1.55 bits per heavy atom. The van der Waals surface area contributed by atoms with Crippen molar-refractivity contribution in [1.29, 1.82) is 0 Å². The Balaban J connectivity index is 1.56. The highest BCUT2D eigenvalue weighted by molar-refractivity contribution is 8.01. The fourth-order valence-corrected chi connectivity index (χ4v) is 4.03. The van der Waals surface area contributed by atoms with Crippen molar-refractivity contribution >= 4 is 29.4 Å². The van der Waals surface area contributed by atoms with Crippen LogP contribution in [-0.2, 0) is 0 Å². The van der Waals surface area contributed by atoms with Crippen LogP contribution in [0.2, 0.25) is 0 Å². The van der Waals surface area contributed by atoms with E-state index in [0.29, 0.717) is 34.8 Å². The SMILES string of the molecule is NC(=O)c1ccc(C(=O)C2(Sc3nnnn3-c3ccc(C(=O)O)cc3)CC2)cc1. The summed E-state index contributed by atoms with van der Waals surface area (Å²) in [7, 11) is 0. The molecule has 9 nitrogen and oxygen atoms in total. The van der Waals surface area contributed by atoms with Crippen molar-refractivity contribution in [3.8, 4) is 5.69 Å². The molecule has 3 N–H and O–H groups in total. The number of Topliss-reactive ketones (excluding diaryl/α,β-unsaturated/α-hetero) is 1. The minimum Gasteiger partial charge on any atom is -0.478 e. The van der Waals surface area contributed by atoms with Gasteiger partial charge in [-0.15, -0.1) is 5.10 Å². The third kappa shape index (κ3) is 3.61. The number of carbonyl (C=O) groups excluding carboxylic acids is 2. The van der Waals surface area contributed by atoms with Gasteiger partial charge in [-0.25, -0.2) is 4.79 Å². The lowest BCUT2D eigenvalue weighted by Crippen LogP contribution is -2.20. The normalized spacial score (nSPS) is 14.3. The van der Waals surface area contributed by atoms with Crippen molar-refractivity contribution in [3.05, 3.63) is 65.2 Å². The van der Waals surface area contributed by atoms with E-state index in [1.165, 1.54) is 40.7 Å². The number of carbonyl (C=O) groups is 3. The number of carboxylic acid groups (broad SMARTS) is 1. The van der Waals surface area contributed by atoms with Gasteiger partial charge < -0.3 is 10.8 Å². The maximum Gasteiger partial charge on any atom is 0.335 e. The minimum absolute atomic E-state index is 0.0608. The number of hydrogen-bond donors (Lipinski definition) is 2. The Morgan fingerprint density at radius 3 is 2.10 bits per heavy atom. The number of hydrogen-bond acceptors (Lipinski definition) is 7. The molecule has 1 fully saturated rings. The van der Waals surface area contributed by atoms with Gasteiger partial charge >= 0.3 is 5.97 Å². The molecular formula is C19H15N5O4S. The molecule has 3 aromatic rings. The zero-order valence-electron chi connectivity index (χ0n) is 15.0. The van der Waals surface area contributed by atoms with Crippen LogP contribution in [0.5, 0.6) is 0 Å². The number of carboxylic acids is 1. The van der Waals surface area contributed by atoms with E-state index < -0.39 is 16.6 Å². The summed E-state index contributed by atoms with van der Waals surface area (Å²) in [6.45, 7) is 0. The van der Waals surface area contributed by atoms with Crippen molar-refractivity contribution in [1.82, 2.24) is 20.2 Å². The molecule has 1 aliphatic carbocycles. The van der Waals surface area contributed by atoms with Gasteiger partial charge in [0.25, 0.3) is 0 Å². The lowest BCUT2D eigenvalue weighted by molar-refractivity contribution is 0.0696. The lowest BCUT2D eigenvalue weighted by Gasteiger charge is -2.13. The monoisotopic (exact) mass is 409 g/mol. The van der Waals surface area contributed by atoms with Crippen LogP contribution in [0.1, 0.15) is 43.9 Å². The van der Waals surface area contributed by atoms with E-state index in [-0.39, 0.29) is 11.3 Å². The lowest BCUT2D eigenvalue weighted by atomic mass is 10.0. The molecule has 0 saturated heterocycles. The first-order valence-corrected chi connectivity index (χ1v) is 9.47. The summed E-state index contributed by atoms with van der Waals surface area (Å²) in [5, 5.41) is 21.1. The molecule has 1 heterocycles. The summed E-state index contributed by atoms with van der Waals surface area (Å²) in [5.74, 6) is -1.63. The Kier molecular flexibility index (Phi) is 4.63. The second-order valence-corrected chi connectivity index (χ2v) is 7.94. The van der Waals surface area contributed by atoms with E-state index in [2.05, 4.69) is 15.5 Å². The molecule has 0 radical (unpaired) electrons. The topological polar surface area (TPSA) is 141 Å². The number of ketones is 1. The summed E-state index contributed by atoms with van der Waals surface area (Å²) in [4.78, 5) is 35.2. The van der Waals surface area contributed by atoms with Crippen molar-refractivity contribution in [3.63, 3.8) is 0 Å². The van der Waals surface area contributed by atoms with Gasteiger partial charge in [0.2, 0.25) is 11.1 Å². The van der Waals surface area contributed by atoms with Crippen molar-refractivity contribution in [2.45, 2.75) is 22.7 Å². The van der Waals surface area contributed by atoms with Gasteiger partial charge in [0.05, 0.1) is 16.0 Å². The Bertz CT molecular complexity index is 1100. The largest absolute Gasteiger partial charge is 0.478 e. The highest BCUT2D eigenvalue weighted by atomic mass is 32.2. The molecule has 0 atom stereocenters. The maximum absolute atomic E-state index is 13.0. The fraction of sp³-hybridized carbons (Fsp3) is 0.158. The maximum atomic E-state index is 13.0. The number of nitrogens with zero attached hydrogens (tertiary/aromatic N) is 4. The van der Waals surface area contributed by atoms with Crippen LogP contribution in [0.4, 0.5) is 0 Å². The second kappa shape index (κ2) is 7.13. The average Bonchev–Trinajstić information content (AvgIpc) is 3.36. The number of thioether (sulfide) groups is 1. The number of tetrazole rings is 1. The van der Waals surface area contributed by atoms with Gasteiger partial charge in [-0.1, -0.05) is 23.9 Å². The van der Waals surface area contributed by atoms with Gasteiger partial charge in [-0.2, -0.15) is 4.68 Å². The number of amides is 1. The molecule has 1 aromatic heterocycles. The molecule has 0 spiro atoms. The average molecular weight is 409 g/mol. The van der Waals surface area contributed by atoms with Crippen LogP contribution < -0.4 is 5.73 Å². The molecule has 1 saturated carbocycles.